The summed E-state index contributed by atoms with van der Waals surface area (Å²) < 4.78 is 38.9. The van der Waals surface area contributed by atoms with Crippen molar-refractivity contribution in [3.05, 3.63) is 66.0 Å². The first-order chi connectivity index (χ1) is 11.0. The Bertz CT molecular complexity index is 808. The van der Waals surface area contributed by atoms with Crippen molar-refractivity contribution < 1.29 is 17.6 Å². The normalized spacial score (nSPS) is 11.5. The number of nitrogens with zero attached hydrogens (tertiary/aromatic N) is 1. The van der Waals surface area contributed by atoms with Gasteiger partial charge in [0.15, 0.2) is 0 Å². The fourth-order valence-corrected chi connectivity index (χ4v) is 2.65. The highest BCUT2D eigenvalue weighted by Gasteiger charge is 2.14. The van der Waals surface area contributed by atoms with Gasteiger partial charge in [0, 0.05) is 0 Å². The summed E-state index contributed by atoms with van der Waals surface area (Å²) in [5.74, 6) is -1.06. The molecule has 0 unspecified atom stereocenters. The van der Waals surface area contributed by atoms with Gasteiger partial charge in [-0.3, -0.25) is 4.79 Å². The molecule has 23 heavy (non-hydrogen) atoms. The third-order valence-corrected chi connectivity index (χ3v) is 4.14. The van der Waals surface area contributed by atoms with E-state index in [1.54, 1.807) is 24.3 Å². The summed E-state index contributed by atoms with van der Waals surface area (Å²) >= 11 is 0. The molecule has 2 rings (SSSR count). The smallest absolute Gasteiger partial charge is 0.255 e. The van der Waals surface area contributed by atoms with E-state index in [4.69, 9.17) is 0 Å². The number of carbonyl (C=O) groups excluding carboxylic acids is 1. The Morgan fingerprint density at radius 1 is 1.13 bits per heavy atom. The molecule has 0 aliphatic rings. The molecular weight excluding hydrogens is 321 g/mol. The number of benzene rings is 2. The van der Waals surface area contributed by atoms with Crippen molar-refractivity contribution in [2.24, 2.45) is 5.10 Å². The van der Waals surface area contributed by atoms with Gasteiger partial charge in [0.2, 0.25) is 10.0 Å². The summed E-state index contributed by atoms with van der Waals surface area (Å²) in [6.07, 6.45) is 1.26. The Labute approximate surface area is 133 Å². The zero-order valence-electron chi connectivity index (χ0n) is 11.9. The van der Waals surface area contributed by atoms with Crippen LogP contribution in [0.15, 0.2) is 64.6 Å². The quantitative estimate of drug-likeness (QED) is 0.615. The summed E-state index contributed by atoms with van der Waals surface area (Å²) in [6.45, 7) is -0.461. The maximum absolute atomic E-state index is 12.9. The molecule has 8 heteroatoms. The molecule has 0 atom stereocenters. The van der Waals surface area contributed by atoms with Crippen LogP contribution in [-0.4, -0.2) is 27.1 Å². The number of sulfonamides is 1. The number of halogens is 1. The summed E-state index contributed by atoms with van der Waals surface area (Å²) in [4.78, 5) is 11.6. The number of nitrogens with one attached hydrogen (secondary N) is 2. The summed E-state index contributed by atoms with van der Waals surface area (Å²) in [6, 6.07) is 13.3. The fraction of sp³-hybridized carbons (Fsp3) is 0.0667. The van der Waals surface area contributed by atoms with Crippen molar-refractivity contribution in [1.29, 1.82) is 0 Å². The Hall–Kier alpha value is -2.58. The van der Waals surface area contributed by atoms with Crippen molar-refractivity contribution in [3.63, 3.8) is 0 Å². The number of rotatable bonds is 6. The van der Waals surface area contributed by atoms with Crippen LogP contribution in [0, 0.1) is 5.82 Å². The van der Waals surface area contributed by atoms with E-state index in [0.29, 0.717) is 5.56 Å². The molecule has 2 aromatic rings. The number of hydrogen-bond acceptors (Lipinski definition) is 4. The first kappa shape index (κ1) is 16.8. The first-order valence-electron chi connectivity index (χ1n) is 6.59. The van der Waals surface area contributed by atoms with Crippen molar-refractivity contribution in [3.8, 4) is 0 Å². The lowest BCUT2D eigenvalue weighted by atomic mass is 10.2. The minimum absolute atomic E-state index is 0.0658. The molecule has 120 valence electrons. The van der Waals surface area contributed by atoms with Crippen LogP contribution in [0.4, 0.5) is 4.39 Å². The van der Waals surface area contributed by atoms with E-state index in [-0.39, 0.29) is 4.90 Å². The van der Waals surface area contributed by atoms with Gasteiger partial charge < -0.3 is 0 Å². The molecule has 0 bridgehead atoms. The number of hydrazone groups is 1. The Morgan fingerprint density at radius 3 is 2.57 bits per heavy atom. The van der Waals surface area contributed by atoms with Gasteiger partial charge in [0.05, 0.1) is 17.7 Å². The van der Waals surface area contributed by atoms with E-state index >= 15 is 0 Å². The highest BCUT2D eigenvalue weighted by atomic mass is 32.2. The Kier molecular flexibility index (Phi) is 5.56. The summed E-state index contributed by atoms with van der Waals surface area (Å²) in [5, 5.41) is 3.63. The number of amides is 1. The molecule has 0 heterocycles. The van der Waals surface area contributed by atoms with Crippen LogP contribution in [-0.2, 0) is 14.8 Å². The van der Waals surface area contributed by atoms with Gasteiger partial charge in [-0.2, -0.15) is 5.10 Å². The monoisotopic (exact) mass is 335 g/mol. The van der Waals surface area contributed by atoms with Crippen LogP contribution in [0.25, 0.3) is 0 Å². The average molecular weight is 335 g/mol. The van der Waals surface area contributed by atoms with E-state index < -0.39 is 28.3 Å². The van der Waals surface area contributed by atoms with Crippen LogP contribution >= 0.6 is 0 Å². The molecule has 0 saturated carbocycles. The summed E-state index contributed by atoms with van der Waals surface area (Å²) in [7, 11) is -3.75. The topological polar surface area (TPSA) is 87.6 Å². The molecule has 0 aliphatic heterocycles. The molecule has 0 aliphatic carbocycles. The fourth-order valence-electron chi connectivity index (χ4n) is 1.65. The summed E-state index contributed by atoms with van der Waals surface area (Å²) in [5.41, 5.74) is 2.62. The molecule has 0 fully saturated rings. The molecule has 0 radical (unpaired) electrons. The van der Waals surface area contributed by atoms with E-state index in [1.165, 1.54) is 36.5 Å². The second kappa shape index (κ2) is 7.61. The molecule has 6 nitrogen and oxygen atoms in total. The van der Waals surface area contributed by atoms with Crippen molar-refractivity contribution in [1.82, 2.24) is 10.1 Å². The predicted octanol–water partition coefficient (Wildman–Crippen LogP) is 1.25. The van der Waals surface area contributed by atoms with Gasteiger partial charge in [0.1, 0.15) is 5.82 Å². The molecule has 2 aromatic carbocycles. The lowest BCUT2D eigenvalue weighted by Crippen LogP contribution is -2.34. The maximum atomic E-state index is 12.9. The lowest BCUT2D eigenvalue weighted by molar-refractivity contribution is -0.119. The van der Waals surface area contributed by atoms with Gasteiger partial charge in [-0.05, 0) is 29.8 Å². The van der Waals surface area contributed by atoms with Gasteiger partial charge in [-0.1, -0.05) is 30.3 Å². The van der Waals surface area contributed by atoms with E-state index in [1.807, 2.05) is 0 Å². The van der Waals surface area contributed by atoms with E-state index in [9.17, 15) is 17.6 Å². The third-order valence-electron chi connectivity index (χ3n) is 2.73. The zero-order valence-corrected chi connectivity index (χ0v) is 12.8. The van der Waals surface area contributed by atoms with Crippen LogP contribution in [0.3, 0.4) is 0 Å². The predicted molar refractivity (Wildman–Crippen MR) is 83.8 cm³/mol. The van der Waals surface area contributed by atoms with Crippen molar-refractivity contribution >= 4 is 22.1 Å². The van der Waals surface area contributed by atoms with Crippen LogP contribution in [0.1, 0.15) is 5.56 Å². The highest BCUT2D eigenvalue weighted by Crippen LogP contribution is 2.06. The number of carbonyl (C=O) groups is 1. The molecular formula is C15H14FN3O3S. The molecule has 0 aromatic heterocycles. The van der Waals surface area contributed by atoms with Gasteiger partial charge in [0.25, 0.3) is 5.91 Å². The minimum Gasteiger partial charge on any atom is -0.272 e. The van der Waals surface area contributed by atoms with Crippen molar-refractivity contribution in [2.45, 2.75) is 4.90 Å². The molecule has 0 saturated heterocycles. The van der Waals surface area contributed by atoms with Gasteiger partial charge in [-0.15, -0.1) is 0 Å². The maximum Gasteiger partial charge on any atom is 0.255 e. The SMILES string of the molecule is O=C(CNS(=O)(=O)c1ccccc1)N/N=C/c1cccc(F)c1. The highest BCUT2D eigenvalue weighted by molar-refractivity contribution is 7.89. The first-order valence-corrected chi connectivity index (χ1v) is 8.08. The third kappa shape index (κ3) is 5.28. The molecule has 2 N–H and O–H groups in total. The van der Waals surface area contributed by atoms with Crippen LogP contribution in [0.5, 0.6) is 0 Å². The Balaban J connectivity index is 1.86. The molecule has 1 amide bonds. The number of hydrogen-bond donors (Lipinski definition) is 2. The van der Waals surface area contributed by atoms with Crippen LogP contribution in [0.2, 0.25) is 0 Å². The van der Waals surface area contributed by atoms with Gasteiger partial charge in [-0.25, -0.2) is 23.0 Å². The minimum atomic E-state index is -3.75. The second-order valence-electron chi connectivity index (χ2n) is 4.49. The van der Waals surface area contributed by atoms with E-state index in [0.717, 1.165) is 0 Å². The average Bonchev–Trinajstić information content (AvgIpc) is 2.54. The van der Waals surface area contributed by atoms with E-state index in [2.05, 4.69) is 15.2 Å². The Morgan fingerprint density at radius 2 is 1.87 bits per heavy atom. The standard InChI is InChI=1S/C15H14FN3O3S/c16-13-6-4-5-12(9-13)10-17-19-15(20)11-18-23(21,22)14-7-2-1-3-8-14/h1-10,18H,11H2,(H,19,20)/b17-10+. The second-order valence-corrected chi connectivity index (χ2v) is 6.25. The largest absolute Gasteiger partial charge is 0.272 e. The zero-order chi connectivity index (χ0) is 16.7. The van der Waals surface area contributed by atoms with Crippen molar-refractivity contribution in [2.75, 3.05) is 6.54 Å². The molecule has 0 spiro atoms. The van der Waals surface area contributed by atoms with Crippen LogP contribution < -0.4 is 10.1 Å². The lowest BCUT2D eigenvalue weighted by Gasteiger charge is -2.05. The van der Waals surface area contributed by atoms with Gasteiger partial charge >= 0.3 is 0 Å².